The topological polar surface area (TPSA) is 36.2 Å². The van der Waals surface area contributed by atoms with Crippen LogP contribution in [0.25, 0.3) is 93.0 Å². The number of nitrogens with zero attached hydrogens (tertiary/aromatic N) is 1. The Morgan fingerprint density at radius 1 is 0.350 bits per heavy atom. The molecule has 0 aliphatic heterocycles. The number of benzene rings is 11. The molecule has 0 aliphatic rings. The van der Waals surface area contributed by atoms with Crippen molar-refractivity contribution in [2.75, 3.05) is 0 Å². The molecule has 0 aromatic heterocycles. The molecule has 0 spiro atoms. The molecule has 0 unspecified atom stereocenters. The highest BCUT2D eigenvalue weighted by atomic mass is 14.8. The molecule has 11 aromatic carbocycles. The first-order chi connectivity index (χ1) is 29.6. The van der Waals surface area contributed by atoms with E-state index < -0.39 is 0 Å². The standard InChI is InChI=1S/C58H38N2/c59-58(44-12-2-1-3-13-44)60-56(47-30-31-50-46(36-47)29-33-52-48-15-7-4-10-41(48)27-32-53(50)52)35-20-38-18-21-39(22-19-38)40-23-25-43(26-24-40)57-51-17-9-6-14-45(51)37-55-49-16-8-5-11-42(49)28-34-54(55)57/h1-37,59H/b35-20+,59-58?,60-56?. The summed E-state index contributed by atoms with van der Waals surface area (Å²) in [5.74, 6) is 0.226. The lowest BCUT2D eigenvalue weighted by atomic mass is 9.89. The zero-order valence-electron chi connectivity index (χ0n) is 32.8. The van der Waals surface area contributed by atoms with Gasteiger partial charge in [0, 0.05) is 11.1 Å². The number of rotatable bonds is 6. The molecule has 0 bridgehead atoms. The third-order valence-electron chi connectivity index (χ3n) is 11.9. The second kappa shape index (κ2) is 14.8. The van der Waals surface area contributed by atoms with E-state index in [-0.39, 0.29) is 5.84 Å². The van der Waals surface area contributed by atoms with Crippen LogP contribution >= 0.6 is 0 Å². The average Bonchev–Trinajstić information content (AvgIpc) is 3.32. The second-order valence-electron chi connectivity index (χ2n) is 15.5. The highest BCUT2D eigenvalue weighted by Gasteiger charge is 2.13. The van der Waals surface area contributed by atoms with Crippen molar-refractivity contribution >= 4 is 82.3 Å². The van der Waals surface area contributed by atoms with Crippen LogP contribution in [-0.4, -0.2) is 11.5 Å². The molecule has 280 valence electrons. The summed E-state index contributed by atoms with van der Waals surface area (Å²) < 4.78 is 0. The smallest absolute Gasteiger partial charge is 0.152 e. The van der Waals surface area contributed by atoms with E-state index in [0.29, 0.717) is 0 Å². The first-order valence-electron chi connectivity index (χ1n) is 20.4. The van der Waals surface area contributed by atoms with Crippen LogP contribution in [0, 0.1) is 5.41 Å². The van der Waals surface area contributed by atoms with Gasteiger partial charge in [0.15, 0.2) is 5.84 Å². The normalized spacial score (nSPS) is 12.1. The summed E-state index contributed by atoms with van der Waals surface area (Å²) in [4.78, 5) is 4.91. The first kappa shape index (κ1) is 35.2. The van der Waals surface area contributed by atoms with Crippen molar-refractivity contribution in [2.45, 2.75) is 0 Å². The minimum atomic E-state index is 0.226. The van der Waals surface area contributed by atoms with Gasteiger partial charge in [-0.2, -0.15) is 0 Å². The Bertz CT molecular complexity index is 3520. The molecule has 0 radical (unpaired) electrons. The minimum absolute atomic E-state index is 0.226. The molecule has 0 amide bonds. The molecular weight excluding hydrogens is 725 g/mol. The van der Waals surface area contributed by atoms with Crippen LogP contribution in [0.4, 0.5) is 0 Å². The fourth-order valence-electron chi connectivity index (χ4n) is 8.89. The number of amidine groups is 1. The predicted molar refractivity (Wildman–Crippen MR) is 258 cm³/mol. The fourth-order valence-corrected chi connectivity index (χ4v) is 8.89. The van der Waals surface area contributed by atoms with Gasteiger partial charge < -0.3 is 0 Å². The number of nitrogens with one attached hydrogen (secondary N) is 1. The molecule has 0 aliphatic carbocycles. The quantitative estimate of drug-likeness (QED) is 0.0758. The van der Waals surface area contributed by atoms with Crippen molar-refractivity contribution < 1.29 is 0 Å². The third kappa shape index (κ3) is 6.32. The lowest BCUT2D eigenvalue weighted by molar-refractivity contribution is 1.41. The van der Waals surface area contributed by atoms with Crippen LogP contribution in [-0.2, 0) is 0 Å². The molecule has 0 saturated carbocycles. The van der Waals surface area contributed by atoms with Gasteiger partial charge in [0.05, 0.1) is 5.71 Å². The summed E-state index contributed by atoms with van der Waals surface area (Å²) in [7, 11) is 0. The maximum Gasteiger partial charge on any atom is 0.152 e. The number of allylic oxidation sites excluding steroid dienone is 1. The molecule has 0 heterocycles. The Kier molecular flexibility index (Phi) is 8.68. The Morgan fingerprint density at radius 3 is 1.55 bits per heavy atom. The summed E-state index contributed by atoms with van der Waals surface area (Å²) in [6.45, 7) is 0. The van der Waals surface area contributed by atoms with Crippen LogP contribution in [0.5, 0.6) is 0 Å². The van der Waals surface area contributed by atoms with Gasteiger partial charge >= 0.3 is 0 Å². The van der Waals surface area contributed by atoms with Crippen LogP contribution in [0.3, 0.4) is 0 Å². The maximum atomic E-state index is 8.92. The van der Waals surface area contributed by atoms with Crippen LogP contribution < -0.4 is 0 Å². The Hall–Kier alpha value is -7.94. The van der Waals surface area contributed by atoms with Crippen molar-refractivity contribution in [1.29, 1.82) is 5.41 Å². The summed E-state index contributed by atoms with van der Waals surface area (Å²) >= 11 is 0. The van der Waals surface area contributed by atoms with Crippen molar-refractivity contribution in [2.24, 2.45) is 4.99 Å². The zero-order valence-corrected chi connectivity index (χ0v) is 32.8. The van der Waals surface area contributed by atoms with Gasteiger partial charge in [-0.15, -0.1) is 0 Å². The van der Waals surface area contributed by atoms with Gasteiger partial charge in [-0.3, -0.25) is 5.41 Å². The molecule has 11 aromatic rings. The van der Waals surface area contributed by atoms with E-state index in [1.165, 1.54) is 75.9 Å². The monoisotopic (exact) mass is 762 g/mol. The zero-order chi connectivity index (χ0) is 40.0. The third-order valence-corrected chi connectivity index (χ3v) is 11.9. The van der Waals surface area contributed by atoms with Crippen molar-refractivity contribution in [3.8, 4) is 22.3 Å². The van der Waals surface area contributed by atoms with E-state index in [9.17, 15) is 0 Å². The lowest BCUT2D eigenvalue weighted by Gasteiger charge is -2.14. The van der Waals surface area contributed by atoms with Crippen molar-refractivity contribution in [3.63, 3.8) is 0 Å². The largest absolute Gasteiger partial charge is 0.282 e. The highest BCUT2D eigenvalue weighted by molar-refractivity contribution is 6.22. The van der Waals surface area contributed by atoms with Crippen molar-refractivity contribution in [3.05, 3.63) is 235 Å². The summed E-state index contributed by atoms with van der Waals surface area (Å²) in [6, 6.07) is 75.6. The number of aliphatic imine (C=N–C) groups is 1. The van der Waals surface area contributed by atoms with E-state index in [2.05, 4.69) is 188 Å². The van der Waals surface area contributed by atoms with Crippen LogP contribution in [0.15, 0.2) is 223 Å². The van der Waals surface area contributed by atoms with Crippen molar-refractivity contribution in [1.82, 2.24) is 0 Å². The summed E-state index contributed by atoms with van der Waals surface area (Å²) in [5.41, 5.74) is 8.33. The van der Waals surface area contributed by atoms with E-state index in [1.807, 2.05) is 36.4 Å². The Morgan fingerprint density at radius 2 is 0.850 bits per heavy atom. The van der Waals surface area contributed by atoms with Gasteiger partial charge in [0.1, 0.15) is 0 Å². The van der Waals surface area contributed by atoms with Gasteiger partial charge in [0.25, 0.3) is 0 Å². The van der Waals surface area contributed by atoms with Gasteiger partial charge in [-0.25, -0.2) is 4.99 Å². The van der Waals surface area contributed by atoms with E-state index in [0.717, 1.165) is 33.4 Å². The number of hydrogen-bond acceptors (Lipinski definition) is 1. The average molecular weight is 763 g/mol. The first-order valence-corrected chi connectivity index (χ1v) is 20.4. The molecule has 0 atom stereocenters. The molecule has 2 nitrogen and oxygen atoms in total. The molecular formula is C58H38N2. The highest BCUT2D eigenvalue weighted by Crippen LogP contribution is 2.40. The molecule has 60 heavy (non-hydrogen) atoms. The van der Waals surface area contributed by atoms with E-state index in [4.69, 9.17) is 10.4 Å². The molecule has 0 saturated heterocycles. The van der Waals surface area contributed by atoms with E-state index in [1.54, 1.807) is 0 Å². The Balaban J connectivity index is 0.916. The number of fused-ring (bicyclic) bond motifs is 9. The summed E-state index contributed by atoms with van der Waals surface area (Å²) in [6.07, 6.45) is 4.13. The fraction of sp³-hybridized carbons (Fsp3) is 0. The van der Waals surface area contributed by atoms with Crippen LogP contribution in [0.2, 0.25) is 0 Å². The number of hydrogen-bond donors (Lipinski definition) is 1. The summed E-state index contributed by atoms with van der Waals surface area (Å²) in [5, 5.41) is 23.8. The Labute approximate surface area is 348 Å². The predicted octanol–water partition coefficient (Wildman–Crippen LogP) is 15.5. The molecule has 2 heteroatoms. The maximum absolute atomic E-state index is 8.92. The second-order valence-corrected chi connectivity index (χ2v) is 15.5. The molecule has 11 rings (SSSR count). The van der Waals surface area contributed by atoms with Gasteiger partial charge in [-0.1, -0.05) is 206 Å². The minimum Gasteiger partial charge on any atom is -0.282 e. The SMILES string of the molecule is N=C(N=C(/C=C/c1ccc(-c2ccc(-c3c4ccccc4cc4c3ccc3ccccc34)cc2)cc1)c1ccc2c(ccc3c4ccccc4ccc23)c1)c1ccccc1. The van der Waals surface area contributed by atoms with Gasteiger partial charge in [0.2, 0.25) is 0 Å². The van der Waals surface area contributed by atoms with Crippen LogP contribution in [0.1, 0.15) is 16.7 Å². The van der Waals surface area contributed by atoms with E-state index >= 15 is 0 Å². The lowest BCUT2D eigenvalue weighted by Crippen LogP contribution is -2.03. The molecule has 0 fully saturated rings. The van der Waals surface area contributed by atoms with Gasteiger partial charge in [-0.05, 0) is 111 Å². The molecule has 1 N–H and O–H groups in total.